The molecule has 0 amide bonds. The van der Waals surface area contributed by atoms with E-state index < -0.39 is 0 Å². The van der Waals surface area contributed by atoms with Crippen molar-refractivity contribution in [2.45, 2.75) is 78.2 Å². The van der Waals surface area contributed by atoms with Gasteiger partial charge in [-0.1, -0.05) is 32.8 Å². The van der Waals surface area contributed by atoms with Crippen LogP contribution in [0, 0.1) is 5.92 Å². The van der Waals surface area contributed by atoms with Gasteiger partial charge in [-0.3, -0.25) is 9.59 Å². The van der Waals surface area contributed by atoms with Gasteiger partial charge in [0.05, 0.1) is 18.8 Å². The number of aldehydes is 1. The van der Waals surface area contributed by atoms with Crippen LogP contribution in [0.25, 0.3) is 0 Å². The van der Waals surface area contributed by atoms with Gasteiger partial charge in [0.15, 0.2) is 18.2 Å². The van der Waals surface area contributed by atoms with Crippen LogP contribution in [0.4, 0.5) is 0 Å². The maximum Gasteiger partial charge on any atom is 0.163 e. The van der Waals surface area contributed by atoms with E-state index in [1.807, 2.05) is 25.1 Å². The first-order valence-corrected chi connectivity index (χ1v) is 12.8. The molecule has 0 spiro atoms. The standard InChI is InChI=1S/C29H38O6/c1-4-9-21-17-22-11-12-23(18-27(22)35-28(21)19-30)33-15-7-6-8-16-34-26-14-13-24(20(3)31)29(32)25(26)10-5-2/h11-14,18-19,21,28,32H,4-10,15-17H2,1-3H3. The third-order valence-electron chi connectivity index (χ3n) is 6.48. The van der Waals surface area contributed by atoms with Gasteiger partial charge in [0.25, 0.3) is 0 Å². The highest BCUT2D eigenvalue weighted by Crippen LogP contribution is 2.35. The van der Waals surface area contributed by atoms with E-state index in [9.17, 15) is 14.7 Å². The number of hydrogen-bond acceptors (Lipinski definition) is 6. The number of hydrogen-bond donors (Lipinski definition) is 1. The number of ketones is 1. The van der Waals surface area contributed by atoms with E-state index in [2.05, 4.69) is 6.92 Å². The molecule has 35 heavy (non-hydrogen) atoms. The zero-order chi connectivity index (χ0) is 25.2. The highest BCUT2D eigenvalue weighted by atomic mass is 16.5. The lowest BCUT2D eigenvalue weighted by Crippen LogP contribution is -2.34. The monoisotopic (exact) mass is 482 g/mol. The maximum atomic E-state index is 11.7. The largest absolute Gasteiger partial charge is 0.507 e. The first kappa shape index (κ1) is 26.6. The Bertz CT molecular complexity index is 999. The number of benzene rings is 2. The van der Waals surface area contributed by atoms with E-state index in [0.717, 1.165) is 68.3 Å². The Kier molecular flexibility index (Phi) is 10.0. The Morgan fingerprint density at radius 3 is 2.54 bits per heavy atom. The molecule has 0 aromatic heterocycles. The van der Waals surface area contributed by atoms with Gasteiger partial charge >= 0.3 is 0 Å². The van der Waals surface area contributed by atoms with Gasteiger partial charge in [-0.05, 0) is 69.2 Å². The SMILES string of the molecule is CCCc1c(OCCCCCOc2ccc3c(c2)OC(C=O)C(CCC)C3)ccc(C(C)=O)c1O. The van der Waals surface area contributed by atoms with Crippen molar-refractivity contribution in [2.24, 2.45) is 5.92 Å². The van der Waals surface area contributed by atoms with Crippen molar-refractivity contribution in [1.29, 1.82) is 0 Å². The summed E-state index contributed by atoms with van der Waals surface area (Å²) in [6, 6.07) is 9.32. The second-order valence-corrected chi connectivity index (χ2v) is 9.24. The number of carbonyl (C=O) groups is 2. The van der Waals surface area contributed by atoms with Gasteiger partial charge in [-0.15, -0.1) is 0 Å². The Labute approximate surface area is 208 Å². The summed E-state index contributed by atoms with van der Waals surface area (Å²) < 4.78 is 17.8. The van der Waals surface area contributed by atoms with E-state index in [4.69, 9.17) is 14.2 Å². The molecular weight excluding hydrogens is 444 g/mol. The summed E-state index contributed by atoms with van der Waals surface area (Å²) in [4.78, 5) is 23.1. The Morgan fingerprint density at radius 2 is 1.86 bits per heavy atom. The summed E-state index contributed by atoms with van der Waals surface area (Å²) in [5.41, 5.74) is 2.18. The van der Waals surface area contributed by atoms with Crippen molar-refractivity contribution in [3.8, 4) is 23.0 Å². The molecular formula is C29H38O6. The first-order valence-electron chi connectivity index (χ1n) is 12.8. The quantitative estimate of drug-likeness (QED) is 0.199. The Morgan fingerprint density at radius 1 is 1.09 bits per heavy atom. The van der Waals surface area contributed by atoms with Gasteiger partial charge in [0, 0.05) is 17.5 Å². The van der Waals surface area contributed by atoms with Gasteiger partial charge < -0.3 is 19.3 Å². The number of rotatable bonds is 14. The molecule has 1 N–H and O–H groups in total. The fourth-order valence-electron chi connectivity index (χ4n) is 4.60. The van der Waals surface area contributed by atoms with Crippen molar-refractivity contribution in [3.05, 3.63) is 47.0 Å². The van der Waals surface area contributed by atoms with E-state index in [1.54, 1.807) is 12.1 Å². The molecule has 0 fully saturated rings. The minimum Gasteiger partial charge on any atom is -0.507 e. The Hall–Kier alpha value is -3.02. The van der Waals surface area contributed by atoms with Crippen LogP contribution < -0.4 is 14.2 Å². The molecule has 2 aromatic carbocycles. The van der Waals surface area contributed by atoms with Crippen LogP contribution >= 0.6 is 0 Å². The average Bonchev–Trinajstić information content (AvgIpc) is 2.85. The molecule has 0 saturated carbocycles. The van der Waals surface area contributed by atoms with Crippen LogP contribution in [-0.2, 0) is 17.6 Å². The van der Waals surface area contributed by atoms with E-state index in [-0.39, 0.29) is 23.6 Å². The maximum absolute atomic E-state index is 11.7. The van der Waals surface area contributed by atoms with Crippen molar-refractivity contribution in [1.82, 2.24) is 0 Å². The molecule has 1 aliphatic rings. The zero-order valence-electron chi connectivity index (χ0n) is 21.2. The fraction of sp³-hybridized carbons (Fsp3) is 0.517. The number of phenols is 1. The molecule has 1 aliphatic heterocycles. The van der Waals surface area contributed by atoms with Crippen molar-refractivity contribution < 1.29 is 28.9 Å². The molecule has 2 unspecified atom stereocenters. The number of phenolic OH excluding ortho intramolecular Hbond substituents is 1. The van der Waals surface area contributed by atoms with Crippen LogP contribution in [0.15, 0.2) is 30.3 Å². The summed E-state index contributed by atoms with van der Waals surface area (Å²) in [5, 5.41) is 10.4. The summed E-state index contributed by atoms with van der Waals surface area (Å²) in [6.45, 7) is 6.73. The molecule has 190 valence electrons. The van der Waals surface area contributed by atoms with Crippen LogP contribution in [0.1, 0.15) is 80.8 Å². The normalized spacial score (nSPS) is 16.8. The number of ether oxygens (including phenoxy) is 3. The smallest absolute Gasteiger partial charge is 0.163 e. The highest BCUT2D eigenvalue weighted by molar-refractivity contribution is 5.97. The van der Waals surface area contributed by atoms with E-state index in [1.165, 1.54) is 6.92 Å². The highest BCUT2D eigenvalue weighted by Gasteiger charge is 2.29. The molecule has 2 aromatic rings. The molecule has 1 heterocycles. The molecule has 2 atom stereocenters. The minimum atomic E-state index is -0.379. The van der Waals surface area contributed by atoms with Crippen LogP contribution in [-0.4, -0.2) is 36.5 Å². The fourth-order valence-corrected chi connectivity index (χ4v) is 4.60. The topological polar surface area (TPSA) is 82.1 Å². The number of fused-ring (bicyclic) bond motifs is 1. The van der Waals surface area contributed by atoms with Gasteiger partial charge in [-0.25, -0.2) is 0 Å². The Balaban J connectivity index is 1.42. The molecule has 0 bridgehead atoms. The summed E-state index contributed by atoms with van der Waals surface area (Å²) in [6.07, 6.45) is 7.61. The van der Waals surface area contributed by atoms with Crippen LogP contribution in [0.3, 0.4) is 0 Å². The molecule has 0 aliphatic carbocycles. The van der Waals surface area contributed by atoms with Gasteiger partial charge in [-0.2, -0.15) is 0 Å². The van der Waals surface area contributed by atoms with Crippen molar-refractivity contribution >= 4 is 12.1 Å². The molecule has 6 heteroatoms. The van der Waals surface area contributed by atoms with Gasteiger partial charge in [0.1, 0.15) is 23.0 Å². The number of unbranched alkanes of at least 4 members (excludes halogenated alkanes) is 2. The average molecular weight is 483 g/mol. The lowest BCUT2D eigenvalue weighted by molar-refractivity contribution is -0.116. The summed E-state index contributed by atoms with van der Waals surface area (Å²) in [7, 11) is 0. The molecule has 0 saturated heterocycles. The van der Waals surface area contributed by atoms with E-state index >= 15 is 0 Å². The third-order valence-corrected chi connectivity index (χ3v) is 6.48. The summed E-state index contributed by atoms with van der Waals surface area (Å²) in [5.74, 6) is 2.29. The van der Waals surface area contributed by atoms with Crippen LogP contribution in [0.2, 0.25) is 0 Å². The second kappa shape index (κ2) is 13.2. The number of carbonyl (C=O) groups excluding carboxylic acids is 2. The molecule has 0 radical (unpaired) electrons. The molecule has 6 nitrogen and oxygen atoms in total. The predicted octanol–water partition coefficient (Wildman–Crippen LogP) is 6.09. The number of Topliss-reactive ketones (excluding diaryl/α,β-unsaturated/α-hetero) is 1. The summed E-state index contributed by atoms with van der Waals surface area (Å²) >= 11 is 0. The van der Waals surface area contributed by atoms with Crippen LogP contribution in [0.5, 0.6) is 23.0 Å². The van der Waals surface area contributed by atoms with Crippen molar-refractivity contribution in [3.63, 3.8) is 0 Å². The third kappa shape index (κ3) is 7.00. The number of aromatic hydroxyl groups is 1. The zero-order valence-corrected chi connectivity index (χ0v) is 21.2. The lowest BCUT2D eigenvalue weighted by Gasteiger charge is -2.30. The van der Waals surface area contributed by atoms with Gasteiger partial charge in [0.2, 0.25) is 0 Å². The van der Waals surface area contributed by atoms with E-state index in [0.29, 0.717) is 36.5 Å². The first-order chi connectivity index (χ1) is 17.0. The van der Waals surface area contributed by atoms with Crippen molar-refractivity contribution in [2.75, 3.05) is 13.2 Å². The second-order valence-electron chi connectivity index (χ2n) is 9.24. The lowest BCUT2D eigenvalue weighted by atomic mass is 9.88. The minimum absolute atomic E-state index is 0.0413. The predicted molar refractivity (Wildman–Crippen MR) is 136 cm³/mol. The molecule has 3 rings (SSSR count).